The number of benzene rings is 1. The van der Waals surface area contributed by atoms with Crippen molar-refractivity contribution in [1.82, 2.24) is 4.68 Å². The van der Waals surface area contributed by atoms with Crippen LogP contribution in [0.2, 0.25) is 5.02 Å². The van der Waals surface area contributed by atoms with Crippen LogP contribution in [0, 0.1) is 29.8 Å². The van der Waals surface area contributed by atoms with Gasteiger partial charge in [0.1, 0.15) is 11.5 Å². The van der Waals surface area contributed by atoms with Gasteiger partial charge in [0.05, 0.1) is 16.0 Å². The van der Waals surface area contributed by atoms with Gasteiger partial charge in [-0.3, -0.25) is 20.2 Å². The van der Waals surface area contributed by atoms with Gasteiger partial charge in [-0.05, 0) is 32.0 Å². The lowest BCUT2D eigenvalue weighted by molar-refractivity contribution is -0.384. The van der Waals surface area contributed by atoms with Gasteiger partial charge in [0.2, 0.25) is 0 Å². The number of rotatable bonds is 3. The summed E-state index contributed by atoms with van der Waals surface area (Å²) in [6, 6.07) is 5.73. The first-order chi connectivity index (χ1) is 8.90. The second kappa shape index (κ2) is 4.89. The average Bonchev–Trinajstić information content (AvgIpc) is 2.65. The van der Waals surface area contributed by atoms with Crippen LogP contribution in [-0.4, -0.2) is 9.60 Å². The van der Waals surface area contributed by atoms with Gasteiger partial charge in [0, 0.05) is 11.4 Å². The first-order valence-corrected chi connectivity index (χ1v) is 5.83. The van der Waals surface area contributed by atoms with E-state index in [9.17, 15) is 14.5 Å². The maximum Gasteiger partial charge on any atom is 0.297 e. The van der Waals surface area contributed by atoms with Crippen molar-refractivity contribution in [3.05, 3.63) is 56.6 Å². The molecular weight excluding hydrogens is 273 g/mol. The number of nitrogens with one attached hydrogen (secondary N) is 1. The van der Waals surface area contributed by atoms with E-state index in [0.717, 1.165) is 17.5 Å². The van der Waals surface area contributed by atoms with Crippen molar-refractivity contribution in [2.75, 3.05) is 5.43 Å². The van der Waals surface area contributed by atoms with Gasteiger partial charge in [-0.2, -0.15) is 0 Å². The number of anilines is 1. The van der Waals surface area contributed by atoms with Crippen LogP contribution in [0.15, 0.2) is 24.3 Å². The third-order valence-corrected chi connectivity index (χ3v) is 3.03. The molecule has 1 aromatic heterocycles. The highest BCUT2D eigenvalue weighted by Gasteiger charge is 2.18. The molecule has 0 aliphatic heterocycles. The molecule has 0 radical (unpaired) electrons. The van der Waals surface area contributed by atoms with E-state index in [4.69, 9.17) is 11.6 Å². The highest BCUT2D eigenvalue weighted by Crippen LogP contribution is 2.30. The molecule has 100 valence electrons. The Morgan fingerprint density at radius 2 is 1.89 bits per heavy atom. The van der Waals surface area contributed by atoms with Crippen LogP contribution < -0.4 is 5.43 Å². The van der Waals surface area contributed by atoms with Gasteiger partial charge in [-0.15, -0.1) is 0 Å². The molecule has 0 aliphatic carbocycles. The zero-order chi connectivity index (χ0) is 14.2. The van der Waals surface area contributed by atoms with E-state index < -0.39 is 10.7 Å². The van der Waals surface area contributed by atoms with Gasteiger partial charge in [0.15, 0.2) is 0 Å². The first-order valence-electron chi connectivity index (χ1n) is 5.45. The number of aromatic nitrogens is 1. The minimum atomic E-state index is -0.820. The number of nitro groups is 1. The molecule has 0 saturated heterocycles. The molecule has 0 unspecified atom stereocenters. The Labute approximate surface area is 113 Å². The molecule has 0 spiro atoms. The van der Waals surface area contributed by atoms with Crippen LogP contribution in [0.5, 0.6) is 0 Å². The molecule has 7 heteroatoms. The molecule has 0 amide bonds. The van der Waals surface area contributed by atoms with Gasteiger partial charge in [-0.1, -0.05) is 11.6 Å². The van der Waals surface area contributed by atoms with Crippen LogP contribution in [0.1, 0.15) is 11.4 Å². The largest absolute Gasteiger partial charge is 0.297 e. The van der Waals surface area contributed by atoms with Crippen molar-refractivity contribution < 1.29 is 9.31 Å². The minimum absolute atomic E-state index is 0.138. The lowest BCUT2D eigenvalue weighted by atomic mass is 10.2. The Balaban J connectivity index is 2.50. The summed E-state index contributed by atoms with van der Waals surface area (Å²) in [5.74, 6) is -0.820. The summed E-state index contributed by atoms with van der Waals surface area (Å²) < 4.78 is 14.9. The summed E-state index contributed by atoms with van der Waals surface area (Å²) in [5, 5.41) is 10.8. The topological polar surface area (TPSA) is 60.1 Å². The smallest absolute Gasteiger partial charge is 0.288 e. The van der Waals surface area contributed by atoms with Crippen molar-refractivity contribution >= 4 is 23.0 Å². The number of aryl methyl sites for hydroxylation is 2. The third-order valence-electron chi connectivity index (χ3n) is 2.74. The van der Waals surface area contributed by atoms with Crippen molar-refractivity contribution in [3.63, 3.8) is 0 Å². The Morgan fingerprint density at radius 1 is 1.32 bits per heavy atom. The molecule has 1 N–H and O–H groups in total. The lowest BCUT2D eigenvalue weighted by Gasteiger charge is -2.13. The number of hydrogen-bond donors (Lipinski definition) is 1. The molecule has 19 heavy (non-hydrogen) atoms. The summed E-state index contributed by atoms with van der Waals surface area (Å²) in [4.78, 5) is 10.3. The summed E-state index contributed by atoms with van der Waals surface area (Å²) >= 11 is 5.66. The zero-order valence-electron chi connectivity index (χ0n) is 10.3. The lowest BCUT2D eigenvalue weighted by Crippen LogP contribution is -2.13. The fourth-order valence-electron chi connectivity index (χ4n) is 1.74. The summed E-state index contributed by atoms with van der Waals surface area (Å²) in [5.41, 5.74) is 4.37. The third kappa shape index (κ3) is 2.53. The number of halogens is 2. The monoisotopic (exact) mass is 283 g/mol. The van der Waals surface area contributed by atoms with E-state index in [1.54, 1.807) is 4.68 Å². The Bertz CT molecular complexity index is 635. The molecule has 0 aliphatic rings. The highest BCUT2D eigenvalue weighted by molar-refractivity contribution is 6.31. The van der Waals surface area contributed by atoms with Crippen LogP contribution in [0.25, 0.3) is 0 Å². The van der Waals surface area contributed by atoms with Crippen molar-refractivity contribution in [2.45, 2.75) is 13.8 Å². The predicted octanol–water partition coefficient (Wildman–Crippen LogP) is 3.68. The second-order valence-electron chi connectivity index (χ2n) is 4.10. The number of nitrogens with zero attached hydrogens (tertiary/aromatic N) is 2. The van der Waals surface area contributed by atoms with Crippen molar-refractivity contribution in [2.24, 2.45) is 0 Å². The quantitative estimate of drug-likeness (QED) is 0.690. The molecule has 1 heterocycles. The minimum Gasteiger partial charge on any atom is -0.288 e. The van der Waals surface area contributed by atoms with E-state index in [2.05, 4.69) is 5.43 Å². The molecule has 1 aromatic carbocycles. The van der Waals surface area contributed by atoms with Crippen LogP contribution in [0.3, 0.4) is 0 Å². The van der Waals surface area contributed by atoms with E-state index in [0.29, 0.717) is 0 Å². The van der Waals surface area contributed by atoms with Gasteiger partial charge in [0.25, 0.3) is 5.69 Å². The van der Waals surface area contributed by atoms with Crippen molar-refractivity contribution in [1.29, 1.82) is 0 Å². The Kier molecular flexibility index (Phi) is 3.44. The van der Waals surface area contributed by atoms with E-state index in [1.807, 2.05) is 26.0 Å². The molecular formula is C12H11ClFN3O2. The van der Waals surface area contributed by atoms with Crippen LogP contribution >= 0.6 is 11.6 Å². The normalized spacial score (nSPS) is 10.5. The molecule has 0 fully saturated rings. The average molecular weight is 284 g/mol. The highest BCUT2D eigenvalue weighted by atomic mass is 35.5. The fraction of sp³-hybridized carbons (Fsp3) is 0.167. The Hall–Kier alpha value is -2.08. The maximum atomic E-state index is 13.3. The SMILES string of the molecule is Cc1ccc(C)n1Nc1cc(Cl)c(F)cc1[N+](=O)[O-]. The maximum absolute atomic E-state index is 13.3. The number of nitro benzene ring substituents is 1. The first kappa shape index (κ1) is 13.4. The molecule has 2 aromatic rings. The number of hydrogen-bond acceptors (Lipinski definition) is 3. The predicted molar refractivity (Wildman–Crippen MR) is 71.0 cm³/mol. The van der Waals surface area contributed by atoms with E-state index >= 15 is 0 Å². The molecule has 0 saturated carbocycles. The van der Waals surface area contributed by atoms with Crippen LogP contribution in [-0.2, 0) is 0 Å². The second-order valence-corrected chi connectivity index (χ2v) is 4.51. The molecule has 0 atom stereocenters. The van der Waals surface area contributed by atoms with Gasteiger partial charge in [-0.25, -0.2) is 4.39 Å². The van der Waals surface area contributed by atoms with E-state index in [-0.39, 0.29) is 16.4 Å². The summed E-state index contributed by atoms with van der Waals surface area (Å²) in [6.07, 6.45) is 0. The molecule has 2 rings (SSSR count). The van der Waals surface area contributed by atoms with Crippen LogP contribution in [0.4, 0.5) is 15.8 Å². The summed E-state index contributed by atoms with van der Waals surface area (Å²) in [7, 11) is 0. The fourth-order valence-corrected chi connectivity index (χ4v) is 1.91. The zero-order valence-corrected chi connectivity index (χ0v) is 11.0. The van der Waals surface area contributed by atoms with Gasteiger partial charge < -0.3 is 0 Å². The molecule has 5 nitrogen and oxygen atoms in total. The molecule has 0 bridgehead atoms. The Morgan fingerprint density at radius 3 is 2.42 bits per heavy atom. The standard InChI is InChI=1S/C12H11ClFN3O2/c1-7-3-4-8(2)16(7)15-11-5-9(13)10(14)6-12(11)17(18)19/h3-6,15H,1-2H3. The summed E-state index contributed by atoms with van der Waals surface area (Å²) in [6.45, 7) is 3.69. The van der Waals surface area contributed by atoms with Gasteiger partial charge >= 0.3 is 0 Å². The van der Waals surface area contributed by atoms with E-state index in [1.165, 1.54) is 6.07 Å². The van der Waals surface area contributed by atoms with Crippen molar-refractivity contribution in [3.8, 4) is 0 Å².